The van der Waals surface area contributed by atoms with Gasteiger partial charge in [-0.1, -0.05) is 42.5 Å². The minimum Gasteiger partial charge on any atom is -0.361 e. The molecule has 3 aromatic rings. The van der Waals surface area contributed by atoms with E-state index in [4.69, 9.17) is 5.84 Å². The van der Waals surface area contributed by atoms with Gasteiger partial charge in [0.15, 0.2) is 0 Å². The standard InChI is InChI=1S/C23H28N6O2/c1-16(26-12-17-6-8-18(9-7-17)13-29-24)23(31)28-15-22(30)25-11-10-19-14-27-21-5-3-2-4-20(19)21/h2-9,13-14,16,26-27H,10-12,15,24H2,1H3,(H,25,30)(H,28,31). The predicted octanol–water partition coefficient (Wildman–Crippen LogP) is 1.41. The summed E-state index contributed by atoms with van der Waals surface area (Å²) in [6.45, 7) is 2.76. The molecule has 0 radical (unpaired) electrons. The maximum atomic E-state index is 12.2. The van der Waals surface area contributed by atoms with Crippen molar-refractivity contribution in [2.75, 3.05) is 13.1 Å². The van der Waals surface area contributed by atoms with Crippen molar-refractivity contribution < 1.29 is 9.59 Å². The second-order valence-corrected chi connectivity index (χ2v) is 7.30. The summed E-state index contributed by atoms with van der Waals surface area (Å²) in [5, 5.41) is 13.3. The summed E-state index contributed by atoms with van der Waals surface area (Å²) in [6.07, 6.45) is 4.25. The summed E-state index contributed by atoms with van der Waals surface area (Å²) >= 11 is 0. The molecule has 0 aliphatic heterocycles. The van der Waals surface area contributed by atoms with Crippen LogP contribution in [0.25, 0.3) is 10.9 Å². The van der Waals surface area contributed by atoms with E-state index in [1.807, 2.05) is 48.7 Å². The van der Waals surface area contributed by atoms with E-state index in [-0.39, 0.29) is 18.4 Å². The van der Waals surface area contributed by atoms with Gasteiger partial charge in [0.25, 0.3) is 0 Å². The van der Waals surface area contributed by atoms with E-state index < -0.39 is 6.04 Å². The Labute approximate surface area is 181 Å². The van der Waals surface area contributed by atoms with Gasteiger partial charge in [0, 0.05) is 30.2 Å². The van der Waals surface area contributed by atoms with Crippen molar-refractivity contribution in [3.05, 3.63) is 71.4 Å². The summed E-state index contributed by atoms with van der Waals surface area (Å²) in [5.41, 5.74) is 4.18. The molecule has 6 N–H and O–H groups in total. The molecular weight excluding hydrogens is 392 g/mol. The molecule has 0 aliphatic carbocycles. The third kappa shape index (κ3) is 6.42. The molecule has 0 bridgehead atoms. The van der Waals surface area contributed by atoms with E-state index in [0.717, 1.165) is 34.0 Å². The molecule has 31 heavy (non-hydrogen) atoms. The van der Waals surface area contributed by atoms with E-state index in [0.29, 0.717) is 13.1 Å². The minimum atomic E-state index is -0.427. The first-order valence-electron chi connectivity index (χ1n) is 10.2. The number of carbonyl (C=O) groups is 2. The van der Waals surface area contributed by atoms with Crippen LogP contribution < -0.4 is 21.8 Å². The Morgan fingerprint density at radius 1 is 1.13 bits per heavy atom. The van der Waals surface area contributed by atoms with E-state index in [1.54, 1.807) is 13.1 Å². The van der Waals surface area contributed by atoms with Gasteiger partial charge in [-0.3, -0.25) is 9.59 Å². The number of benzene rings is 2. The summed E-state index contributed by atoms with van der Waals surface area (Å²) in [6, 6.07) is 15.3. The van der Waals surface area contributed by atoms with Crippen molar-refractivity contribution in [2.24, 2.45) is 10.9 Å². The van der Waals surface area contributed by atoms with Crippen LogP contribution in [-0.2, 0) is 22.6 Å². The molecule has 2 aromatic carbocycles. The Balaban J connectivity index is 1.34. The summed E-state index contributed by atoms with van der Waals surface area (Å²) in [4.78, 5) is 27.5. The molecule has 0 aliphatic rings. The number of hydrogen-bond acceptors (Lipinski definition) is 5. The number of nitrogens with zero attached hydrogens (tertiary/aromatic N) is 1. The number of nitrogens with one attached hydrogen (secondary N) is 4. The van der Waals surface area contributed by atoms with Crippen LogP contribution in [0.2, 0.25) is 0 Å². The Hall–Kier alpha value is -3.65. The van der Waals surface area contributed by atoms with Gasteiger partial charge in [0.2, 0.25) is 11.8 Å². The molecule has 1 aromatic heterocycles. The number of hydrogen-bond donors (Lipinski definition) is 5. The summed E-state index contributed by atoms with van der Waals surface area (Å²) < 4.78 is 0. The molecule has 0 saturated carbocycles. The molecule has 0 saturated heterocycles. The van der Waals surface area contributed by atoms with E-state index in [9.17, 15) is 9.59 Å². The Morgan fingerprint density at radius 2 is 1.90 bits per heavy atom. The molecule has 3 rings (SSSR count). The number of para-hydroxylation sites is 1. The molecule has 8 heteroatoms. The zero-order chi connectivity index (χ0) is 22.1. The highest BCUT2D eigenvalue weighted by molar-refractivity contribution is 5.87. The first kappa shape index (κ1) is 22.0. The number of H-pyrrole nitrogens is 1. The van der Waals surface area contributed by atoms with Crippen LogP contribution in [0.15, 0.2) is 59.8 Å². The number of nitrogens with two attached hydrogens (primary N) is 1. The van der Waals surface area contributed by atoms with Crippen molar-refractivity contribution in [2.45, 2.75) is 25.9 Å². The molecule has 1 heterocycles. The smallest absolute Gasteiger partial charge is 0.239 e. The lowest BCUT2D eigenvalue weighted by Gasteiger charge is -2.14. The predicted molar refractivity (Wildman–Crippen MR) is 123 cm³/mol. The van der Waals surface area contributed by atoms with Gasteiger partial charge in [0.1, 0.15) is 0 Å². The molecule has 1 atom stereocenters. The van der Waals surface area contributed by atoms with Crippen molar-refractivity contribution in [3.8, 4) is 0 Å². The lowest BCUT2D eigenvalue weighted by molar-refractivity contribution is -0.127. The van der Waals surface area contributed by atoms with E-state index in [1.165, 1.54) is 0 Å². The first-order chi connectivity index (χ1) is 15.1. The number of amides is 2. The Kier molecular flexibility index (Phi) is 7.78. The first-order valence-corrected chi connectivity index (χ1v) is 10.2. The molecular formula is C23H28N6O2. The van der Waals surface area contributed by atoms with Crippen LogP contribution in [-0.4, -0.2) is 42.1 Å². The number of aromatic amines is 1. The van der Waals surface area contributed by atoms with Crippen molar-refractivity contribution in [3.63, 3.8) is 0 Å². The Bertz CT molecular complexity index is 1040. The zero-order valence-corrected chi connectivity index (χ0v) is 17.5. The lowest BCUT2D eigenvalue weighted by atomic mass is 10.1. The van der Waals surface area contributed by atoms with Crippen molar-refractivity contribution in [1.29, 1.82) is 0 Å². The third-order valence-electron chi connectivity index (χ3n) is 5.02. The van der Waals surface area contributed by atoms with Gasteiger partial charge in [-0.15, -0.1) is 0 Å². The molecule has 8 nitrogen and oxygen atoms in total. The average Bonchev–Trinajstić information content (AvgIpc) is 3.20. The van der Waals surface area contributed by atoms with E-state index >= 15 is 0 Å². The van der Waals surface area contributed by atoms with Gasteiger partial charge < -0.3 is 26.8 Å². The third-order valence-corrected chi connectivity index (χ3v) is 5.02. The van der Waals surface area contributed by atoms with Gasteiger partial charge in [-0.25, -0.2) is 0 Å². The number of rotatable bonds is 10. The van der Waals surface area contributed by atoms with Gasteiger partial charge in [-0.2, -0.15) is 5.10 Å². The number of aromatic nitrogens is 1. The number of carbonyl (C=O) groups excluding carboxylic acids is 2. The van der Waals surface area contributed by atoms with Crippen LogP contribution in [0.5, 0.6) is 0 Å². The maximum absolute atomic E-state index is 12.2. The minimum absolute atomic E-state index is 0.0497. The molecule has 0 spiro atoms. The van der Waals surface area contributed by atoms with Gasteiger partial charge in [-0.05, 0) is 36.1 Å². The molecule has 1 unspecified atom stereocenters. The van der Waals surface area contributed by atoms with Crippen LogP contribution in [0, 0.1) is 0 Å². The quantitative estimate of drug-likeness (QED) is 0.193. The fourth-order valence-corrected chi connectivity index (χ4v) is 3.23. The highest BCUT2D eigenvalue weighted by atomic mass is 16.2. The average molecular weight is 421 g/mol. The second-order valence-electron chi connectivity index (χ2n) is 7.30. The fourth-order valence-electron chi connectivity index (χ4n) is 3.23. The topological polar surface area (TPSA) is 124 Å². The van der Waals surface area contributed by atoms with Crippen molar-refractivity contribution >= 4 is 28.9 Å². The Morgan fingerprint density at radius 3 is 2.68 bits per heavy atom. The zero-order valence-electron chi connectivity index (χ0n) is 17.5. The lowest BCUT2D eigenvalue weighted by Crippen LogP contribution is -2.45. The highest BCUT2D eigenvalue weighted by Crippen LogP contribution is 2.17. The van der Waals surface area contributed by atoms with Crippen LogP contribution >= 0.6 is 0 Å². The van der Waals surface area contributed by atoms with Crippen LogP contribution in [0.3, 0.4) is 0 Å². The van der Waals surface area contributed by atoms with Crippen LogP contribution in [0.1, 0.15) is 23.6 Å². The number of hydrazone groups is 1. The number of fused-ring (bicyclic) bond motifs is 1. The molecule has 162 valence electrons. The molecule has 0 fully saturated rings. The largest absolute Gasteiger partial charge is 0.361 e. The second kappa shape index (κ2) is 10.9. The molecule has 2 amide bonds. The van der Waals surface area contributed by atoms with Crippen LogP contribution in [0.4, 0.5) is 0 Å². The summed E-state index contributed by atoms with van der Waals surface area (Å²) in [7, 11) is 0. The maximum Gasteiger partial charge on any atom is 0.239 e. The fraction of sp³-hybridized carbons (Fsp3) is 0.261. The van der Waals surface area contributed by atoms with Gasteiger partial charge >= 0.3 is 0 Å². The van der Waals surface area contributed by atoms with Gasteiger partial charge in [0.05, 0.1) is 18.8 Å². The summed E-state index contributed by atoms with van der Waals surface area (Å²) in [5.74, 6) is 4.70. The highest BCUT2D eigenvalue weighted by Gasteiger charge is 2.13. The normalized spacial score (nSPS) is 12.2. The van der Waals surface area contributed by atoms with Crippen molar-refractivity contribution in [1.82, 2.24) is 20.9 Å². The van der Waals surface area contributed by atoms with E-state index in [2.05, 4.69) is 32.1 Å². The monoisotopic (exact) mass is 420 g/mol. The SMILES string of the molecule is CC(NCc1ccc(C=NN)cc1)C(=O)NCC(=O)NCCc1c[nH]c2ccccc12.